The van der Waals surface area contributed by atoms with Crippen LogP contribution in [-0.4, -0.2) is 30.4 Å². The summed E-state index contributed by atoms with van der Waals surface area (Å²) >= 11 is 0. The number of aldehydes is 1. The minimum Gasteiger partial charge on any atom is -0.445 e. The van der Waals surface area contributed by atoms with Gasteiger partial charge in [-0.2, -0.15) is 0 Å². The number of carbonyl (C=O) groups is 2. The largest absolute Gasteiger partial charge is 0.445 e. The lowest BCUT2D eigenvalue weighted by molar-refractivity contribution is -0.112. The van der Waals surface area contributed by atoms with Crippen LogP contribution in [0.15, 0.2) is 30.3 Å². The van der Waals surface area contributed by atoms with Crippen LogP contribution in [0.5, 0.6) is 0 Å². The van der Waals surface area contributed by atoms with E-state index in [9.17, 15) is 9.59 Å². The van der Waals surface area contributed by atoms with Crippen molar-refractivity contribution in [2.75, 3.05) is 13.1 Å². The molecule has 2 rings (SSSR count). The highest BCUT2D eigenvalue weighted by Crippen LogP contribution is 2.32. The van der Waals surface area contributed by atoms with Gasteiger partial charge in [-0.05, 0) is 5.56 Å². The molecule has 0 spiro atoms. The van der Waals surface area contributed by atoms with E-state index >= 15 is 0 Å². The van der Waals surface area contributed by atoms with E-state index in [1.165, 1.54) is 0 Å². The van der Waals surface area contributed by atoms with Gasteiger partial charge in [0.15, 0.2) is 0 Å². The van der Waals surface area contributed by atoms with Gasteiger partial charge in [0.2, 0.25) is 0 Å². The topological polar surface area (TPSA) is 46.6 Å². The van der Waals surface area contributed by atoms with Crippen LogP contribution in [0, 0.1) is 5.41 Å². The Hall–Kier alpha value is -1.84. The lowest BCUT2D eigenvalue weighted by atomic mass is 9.80. The van der Waals surface area contributed by atoms with Gasteiger partial charge in [0, 0.05) is 24.9 Å². The maximum Gasteiger partial charge on any atom is 0.410 e. The maximum atomic E-state index is 11.7. The van der Waals surface area contributed by atoms with Crippen LogP contribution in [0.1, 0.15) is 18.9 Å². The third-order valence-electron chi connectivity index (χ3n) is 3.18. The average Bonchev–Trinajstić information content (AvgIpc) is 2.34. The fraction of sp³-hybridized carbons (Fsp3) is 0.429. The number of likely N-dealkylation sites (tertiary alicyclic amines) is 1. The van der Waals surface area contributed by atoms with Crippen molar-refractivity contribution < 1.29 is 14.3 Å². The van der Waals surface area contributed by atoms with E-state index < -0.39 is 0 Å². The van der Waals surface area contributed by atoms with Crippen LogP contribution in [0.2, 0.25) is 0 Å². The minimum atomic E-state index is -0.303. The van der Waals surface area contributed by atoms with Crippen LogP contribution in [-0.2, 0) is 16.1 Å². The number of benzene rings is 1. The van der Waals surface area contributed by atoms with Crippen molar-refractivity contribution >= 4 is 12.4 Å². The molecule has 0 unspecified atom stereocenters. The minimum absolute atomic E-state index is 0.0620. The predicted molar refractivity (Wildman–Crippen MR) is 67.0 cm³/mol. The molecule has 0 bridgehead atoms. The summed E-state index contributed by atoms with van der Waals surface area (Å²) < 4.78 is 5.20. The van der Waals surface area contributed by atoms with E-state index in [-0.39, 0.29) is 11.5 Å². The number of rotatable bonds is 4. The molecule has 0 aliphatic carbocycles. The van der Waals surface area contributed by atoms with Crippen LogP contribution in [0.4, 0.5) is 4.79 Å². The van der Waals surface area contributed by atoms with Crippen molar-refractivity contribution in [3.8, 4) is 0 Å². The van der Waals surface area contributed by atoms with Gasteiger partial charge in [0.1, 0.15) is 12.9 Å². The van der Waals surface area contributed by atoms with E-state index in [1.54, 1.807) is 4.90 Å². The van der Waals surface area contributed by atoms with Crippen molar-refractivity contribution in [3.63, 3.8) is 0 Å². The smallest absolute Gasteiger partial charge is 0.410 e. The second kappa shape index (κ2) is 5.21. The summed E-state index contributed by atoms with van der Waals surface area (Å²) in [5.41, 5.74) is 0.912. The third kappa shape index (κ3) is 2.88. The van der Waals surface area contributed by atoms with E-state index in [2.05, 4.69) is 0 Å². The summed E-state index contributed by atoms with van der Waals surface area (Å²) in [4.78, 5) is 23.8. The number of nitrogens with zero attached hydrogens (tertiary/aromatic N) is 1. The molecule has 1 aliphatic rings. The van der Waals surface area contributed by atoms with Crippen LogP contribution >= 0.6 is 0 Å². The monoisotopic (exact) mass is 247 g/mol. The zero-order chi connectivity index (χ0) is 13.0. The Kier molecular flexibility index (Phi) is 3.65. The Balaban J connectivity index is 1.76. The number of carbonyl (C=O) groups excluding carboxylic acids is 2. The predicted octanol–water partition coefficient (Wildman–Crippen LogP) is 2.23. The molecule has 1 amide bonds. The highest BCUT2D eigenvalue weighted by molar-refractivity contribution is 5.69. The lowest BCUT2D eigenvalue weighted by Crippen LogP contribution is -2.57. The summed E-state index contributed by atoms with van der Waals surface area (Å²) in [6, 6.07) is 9.58. The van der Waals surface area contributed by atoms with Gasteiger partial charge in [0.05, 0.1) is 0 Å². The molecule has 0 N–H and O–H groups in total. The highest BCUT2D eigenvalue weighted by Gasteiger charge is 2.41. The van der Waals surface area contributed by atoms with E-state index in [4.69, 9.17) is 4.74 Å². The third-order valence-corrected chi connectivity index (χ3v) is 3.18. The number of hydrogen-bond acceptors (Lipinski definition) is 3. The molecule has 1 fully saturated rings. The summed E-state index contributed by atoms with van der Waals surface area (Å²) in [7, 11) is 0. The van der Waals surface area contributed by atoms with Gasteiger partial charge >= 0.3 is 6.09 Å². The SMILES string of the molecule is CC1(CC=O)CN(C(=O)OCc2ccccc2)C1. The molecule has 4 heteroatoms. The fourth-order valence-corrected chi connectivity index (χ4v) is 2.15. The second-order valence-electron chi connectivity index (χ2n) is 5.08. The van der Waals surface area contributed by atoms with E-state index in [0.29, 0.717) is 26.1 Å². The average molecular weight is 247 g/mol. The van der Waals surface area contributed by atoms with Crippen molar-refractivity contribution in [3.05, 3.63) is 35.9 Å². The molecule has 96 valence electrons. The Morgan fingerprint density at radius 2 is 2.06 bits per heavy atom. The normalized spacial score (nSPS) is 16.8. The van der Waals surface area contributed by atoms with Gasteiger partial charge in [0.25, 0.3) is 0 Å². The molecule has 0 saturated carbocycles. The molecule has 4 nitrogen and oxygen atoms in total. The van der Waals surface area contributed by atoms with Crippen LogP contribution in [0.3, 0.4) is 0 Å². The molecule has 0 aromatic heterocycles. The van der Waals surface area contributed by atoms with Gasteiger partial charge in [-0.3, -0.25) is 0 Å². The maximum absolute atomic E-state index is 11.7. The molecule has 0 radical (unpaired) electrons. The first-order valence-corrected chi connectivity index (χ1v) is 6.02. The van der Waals surface area contributed by atoms with Crippen LogP contribution < -0.4 is 0 Å². The Morgan fingerprint density at radius 1 is 1.39 bits per heavy atom. The van der Waals surface area contributed by atoms with Crippen molar-refractivity contribution in [2.45, 2.75) is 20.0 Å². The molecular weight excluding hydrogens is 230 g/mol. The van der Waals surface area contributed by atoms with E-state index in [1.807, 2.05) is 37.3 Å². The molecule has 1 aromatic carbocycles. The quantitative estimate of drug-likeness (QED) is 0.766. The highest BCUT2D eigenvalue weighted by atomic mass is 16.6. The standard InChI is InChI=1S/C14H17NO3/c1-14(7-8-16)10-15(11-14)13(17)18-9-12-5-3-2-4-6-12/h2-6,8H,7,9-11H2,1H3. The summed E-state index contributed by atoms with van der Waals surface area (Å²) in [6.07, 6.45) is 1.10. The number of amides is 1. The first-order chi connectivity index (χ1) is 8.63. The van der Waals surface area contributed by atoms with Crippen molar-refractivity contribution in [2.24, 2.45) is 5.41 Å². The second-order valence-corrected chi connectivity index (χ2v) is 5.08. The molecule has 1 aromatic rings. The van der Waals surface area contributed by atoms with E-state index in [0.717, 1.165) is 11.8 Å². The zero-order valence-electron chi connectivity index (χ0n) is 10.5. The van der Waals surface area contributed by atoms with Gasteiger partial charge in [-0.1, -0.05) is 37.3 Å². The first-order valence-electron chi connectivity index (χ1n) is 6.02. The molecule has 1 heterocycles. The number of ether oxygens (including phenoxy) is 1. The first kappa shape index (κ1) is 12.6. The van der Waals surface area contributed by atoms with Crippen molar-refractivity contribution in [1.29, 1.82) is 0 Å². The Morgan fingerprint density at radius 3 is 2.67 bits per heavy atom. The van der Waals surface area contributed by atoms with Gasteiger partial charge < -0.3 is 14.4 Å². The Bertz CT molecular complexity index is 424. The lowest BCUT2D eigenvalue weighted by Gasteiger charge is -2.46. The summed E-state index contributed by atoms with van der Waals surface area (Å²) in [5, 5.41) is 0. The van der Waals surface area contributed by atoms with Crippen molar-refractivity contribution in [1.82, 2.24) is 4.90 Å². The zero-order valence-corrected chi connectivity index (χ0v) is 10.5. The summed E-state index contributed by atoms with van der Waals surface area (Å²) in [5.74, 6) is 0. The molecule has 18 heavy (non-hydrogen) atoms. The molecule has 1 aliphatic heterocycles. The molecule has 1 saturated heterocycles. The van der Waals surface area contributed by atoms with Gasteiger partial charge in [-0.15, -0.1) is 0 Å². The van der Waals surface area contributed by atoms with Gasteiger partial charge in [-0.25, -0.2) is 4.79 Å². The fourth-order valence-electron chi connectivity index (χ4n) is 2.15. The molecule has 0 atom stereocenters. The number of hydrogen-bond donors (Lipinski definition) is 0. The Labute approximate surface area is 107 Å². The molecular formula is C14H17NO3. The summed E-state index contributed by atoms with van der Waals surface area (Å²) in [6.45, 7) is 3.49. The van der Waals surface area contributed by atoms with Crippen LogP contribution in [0.25, 0.3) is 0 Å².